The van der Waals surface area contributed by atoms with Crippen LogP contribution in [0, 0.1) is 0 Å². The van der Waals surface area contributed by atoms with E-state index in [2.05, 4.69) is 14.2 Å². The Hall–Kier alpha value is -5.43. The molecule has 0 unspecified atom stereocenters. The van der Waals surface area contributed by atoms with Gasteiger partial charge in [0.05, 0.1) is 54.4 Å². The summed E-state index contributed by atoms with van der Waals surface area (Å²) in [6.45, 7) is 5.15. The van der Waals surface area contributed by atoms with Crippen molar-refractivity contribution < 1.29 is 57.0 Å². The van der Waals surface area contributed by atoms with Crippen molar-refractivity contribution >= 4 is 36.1 Å². The quantitative estimate of drug-likeness (QED) is 0.0234. The van der Waals surface area contributed by atoms with Crippen LogP contribution in [0.4, 0.5) is 0 Å². The zero-order chi connectivity index (χ0) is 47.1. The predicted molar refractivity (Wildman–Crippen MR) is 260 cm³/mol. The topological polar surface area (TPSA) is 134 Å². The molecule has 0 aliphatic heterocycles. The van der Waals surface area contributed by atoms with Crippen molar-refractivity contribution in [1.29, 1.82) is 0 Å². The molecule has 0 aliphatic rings. The van der Waals surface area contributed by atoms with Crippen molar-refractivity contribution in [2.75, 3.05) is 74.2 Å². The third-order valence-corrected chi connectivity index (χ3v) is 10.4. The van der Waals surface area contributed by atoms with Crippen molar-refractivity contribution in [3.63, 3.8) is 0 Å². The second-order valence-corrected chi connectivity index (χ2v) is 15.8. The van der Waals surface area contributed by atoms with Crippen LogP contribution < -0.4 is 14.2 Å². The minimum absolute atomic E-state index is 0.0917. The Morgan fingerprint density at radius 3 is 0.955 bits per heavy atom. The highest BCUT2D eigenvalue weighted by molar-refractivity contribution is 5.88. The average molecular weight is 915 g/mol. The lowest BCUT2D eigenvalue weighted by molar-refractivity contribution is -0.135. The second kappa shape index (κ2) is 36.7. The molecule has 0 amide bonds. The normalized spacial score (nSPS) is 11.5. The van der Waals surface area contributed by atoms with E-state index < -0.39 is 0 Å². The number of esters is 3. The van der Waals surface area contributed by atoms with Gasteiger partial charge < -0.3 is 42.6 Å². The first-order valence-corrected chi connectivity index (χ1v) is 23.6. The summed E-state index contributed by atoms with van der Waals surface area (Å²) in [5.41, 5.74) is 2.74. The third-order valence-electron chi connectivity index (χ3n) is 10.4. The van der Waals surface area contributed by atoms with Gasteiger partial charge in [-0.2, -0.15) is 0 Å². The molecule has 0 N–H and O–H groups in total. The Kier molecular flexibility index (Phi) is 30.6. The van der Waals surface area contributed by atoms with E-state index in [9.17, 15) is 14.4 Å². The van der Waals surface area contributed by atoms with Crippen LogP contribution in [0.3, 0.4) is 0 Å². The van der Waals surface area contributed by atoms with Crippen LogP contribution in [0.1, 0.15) is 113 Å². The lowest BCUT2D eigenvalue weighted by Crippen LogP contribution is -2.27. The fraction of sp³-hybridized carbons (Fsp3) is 0.500. The molecule has 3 aromatic rings. The highest BCUT2D eigenvalue weighted by Crippen LogP contribution is 2.17. The number of methoxy groups -OCH3 is 3. The van der Waals surface area contributed by atoms with Gasteiger partial charge in [-0.25, -0.2) is 14.4 Å². The monoisotopic (exact) mass is 915 g/mol. The number of unbranched alkanes of at least 4 members (excludes halogenated alkanes) is 12. The fourth-order valence-corrected chi connectivity index (χ4v) is 6.52. The van der Waals surface area contributed by atoms with E-state index in [4.69, 9.17) is 28.4 Å². The summed E-state index contributed by atoms with van der Waals surface area (Å²) in [5.74, 6) is 1.32. The van der Waals surface area contributed by atoms with Gasteiger partial charge in [0, 0.05) is 38.0 Å². The molecule has 3 rings (SSSR count). The van der Waals surface area contributed by atoms with Gasteiger partial charge in [-0.3, -0.25) is 0 Å². The van der Waals surface area contributed by atoms with E-state index in [1.165, 1.54) is 39.6 Å². The first kappa shape index (κ1) is 54.9. The summed E-state index contributed by atoms with van der Waals surface area (Å²) in [7, 11) is 4.08. The molecule has 3 aromatic carbocycles. The molecule has 0 saturated heterocycles. The molecule has 0 aliphatic carbocycles. The van der Waals surface area contributed by atoms with Gasteiger partial charge >= 0.3 is 17.9 Å². The van der Waals surface area contributed by atoms with Crippen LogP contribution in [-0.4, -0.2) is 98.2 Å². The van der Waals surface area contributed by atoms with Crippen LogP contribution in [0.2, 0.25) is 0 Å². The highest BCUT2D eigenvalue weighted by Gasteiger charge is 2.11. The average Bonchev–Trinajstić information content (AvgIpc) is 3.35. The van der Waals surface area contributed by atoms with E-state index in [-0.39, 0.29) is 24.0 Å². The van der Waals surface area contributed by atoms with E-state index in [0.29, 0.717) is 52.9 Å². The predicted octanol–water partition coefficient (Wildman–Crippen LogP) is 11.1. The Morgan fingerprint density at radius 1 is 0.379 bits per heavy atom. The van der Waals surface area contributed by atoms with E-state index in [0.717, 1.165) is 130 Å². The summed E-state index contributed by atoms with van der Waals surface area (Å²) in [6.07, 6.45) is 25.2. The maximum absolute atomic E-state index is 11.3. The van der Waals surface area contributed by atoms with E-state index in [1.54, 1.807) is 18.2 Å². The smallest absolute Gasteiger partial charge is 0.330 e. The van der Waals surface area contributed by atoms with Gasteiger partial charge in [0.1, 0.15) is 23.4 Å². The zero-order valence-corrected chi connectivity index (χ0v) is 39.6. The van der Waals surface area contributed by atoms with E-state index in [1.807, 2.05) is 72.8 Å². The van der Waals surface area contributed by atoms with Crippen molar-refractivity contribution in [3.8, 4) is 17.2 Å². The van der Waals surface area contributed by atoms with Crippen LogP contribution in [0.5, 0.6) is 17.2 Å². The number of hydrogen-bond donors (Lipinski definition) is 0. The molecule has 362 valence electrons. The number of carbonyl (C=O) groups is 3. The number of rotatable bonds is 38. The molecule has 0 radical (unpaired) electrons. The summed E-state index contributed by atoms with van der Waals surface area (Å²) in [4.78, 5) is 33.9. The maximum Gasteiger partial charge on any atom is 0.330 e. The van der Waals surface area contributed by atoms with Crippen LogP contribution in [0.25, 0.3) is 18.2 Å². The minimum atomic E-state index is -0.380. The van der Waals surface area contributed by atoms with Gasteiger partial charge in [0.25, 0.3) is 0 Å². The first-order chi connectivity index (χ1) is 32.4. The Morgan fingerprint density at radius 2 is 0.652 bits per heavy atom. The molecule has 0 heterocycles. The summed E-state index contributed by atoms with van der Waals surface area (Å²) >= 11 is 0. The number of benzene rings is 3. The molecular weight excluding hydrogens is 841 g/mol. The maximum atomic E-state index is 11.3. The molecular formula is C54H74O12. The largest absolute Gasteiger partial charge is 0.494 e. The zero-order valence-electron chi connectivity index (χ0n) is 39.6. The molecule has 12 heteroatoms. The van der Waals surface area contributed by atoms with Gasteiger partial charge in [-0.15, -0.1) is 0 Å². The fourth-order valence-electron chi connectivity index (χ4n) is 6.52. The van der Waals surface area contributed by atoms with Gasteiger partial charge in [0.15, 0.2) is 0 Å². The number of ether oxygens (including phenoxy) is 9. The van der Waals surface area contributed by atoms with Crippen LogP contribution >= 0.6 is 0 Å². The SMILES string of the molecule is COC(=O)/C=C/c1ccc(OCCCCCCCOCC(COCCCCCCCOc2ccc(/C=C/C(=O)OC)cc2)OCCCCCCCOc2ccc(/C=C/C(=O)OC)cc2)cc1. The first-order valence-electron chi connectivity index (χ1n) is 23.6. The number of hydrogen-bond acceptors (Lipinski definition) is 12. The molecule has 66 heavy (non-hydrogen) atoms. The molecule has 0 fully saturated rings. The van der Waals surface area contributed by atoms with Crippen molar-refractivity contribution in [2.45, 2.75) is 102 Å². The number of carbonyl (C=O) groups excluding carboxylic acids is 3. The lowest BCUT2D eigenvalue weighted by Gasteiger charge is -2.18. The molecule has 0 bridgehead atoms. The summed E-state index contributed by atoms with van der Waals surface area (Å²) < 4.78 is 50.0. The second-order valence-electron chi connectivity index (χ2n) is 15.8. The van der Waals surface area contributed by atoms with Crippen LogP contribution in [0.15, 0.2) is 91.0 Å². The van der Waals surface area contributed by atoms with Crippen molar-refractivity contribution in [3.05, 3.63) is 108 Å². The molecule has 0 spiro atoms. The summed E-state index contributed by atoms with van der Waals surface area (Å²) in [5, 5.41) is 0. The van der Waals surface area contributed by atoms with Crippen LogP contribution in [-0.2, 0) is 42.8 Å². The van der Waals surface area contributed by atoms with Gasteiger partial charge in [-0.05, 0) is 110 Å². The molecule has 0 saturated carbocycles. The Balaban J connectivity index is 1.25. The third kappa shape index (κ3) is 27.8. The molecule has 0 aromatic heterocycles. The molecule has 0 atom stereocenters. The molecule has 12 nitrogen and oxygen atoms in total. The van der Waals surface area contributed by atoms with E-state index >= 15 is 0 Å². The Bertz CT molecular complexity index is 1710. The van der Waals surface area contributed by atoms with Gasteiger partial charge in [0.2, 0.25) is 0 Å². The Labute approximate surface area is 393 Å². The summed E-state index contributed by atoms with van der Waals surface area (Å²) in [6, 6.07) is 23.0. The van der Waals surface area contributed by atoms with Crippen molar-refractivity contribution in [2.24, 2.45) is 0 Å². The lowest BCUT2D eigenvalue weighted by atomic mass is 10.1. The highest BCUT2D eigenvalue weighted by atomic mass is 16.6. The van der Waals surface area contributed by atoms with Gasteiger partial charge in [-0.1, -0.05) is 94.2 Å². The minimum Gasteiger partial charge on any atom is -0.494 e. The van der Waals surface area contributed by atoms with Crippen molar-refractivity contribution in [1.82, 2.24) is 0 Å². The standard InChI is InChI=1S/C54H74O12/c1-58-52(55)34-25-45-19-28-48(29-20-45)63-39-15-9-4-7-13-37-61-43-51(66-42-18-12-6-11-17-41-65-50-32-23-47(24-33-50)27-36-54(57)60-3)44-62-38-14-8-5-10-16-40-64-49-30-21-46(22-31-49)26-35-53(56)59-2/h19-36,51H,4-18,37-44H2,1-3H3/b34-25+,35-26+,36-27+.